The number of benzene rings is 3. The number of nitrogens with one attached hydrogen (secondary N) is 1. The number of hydrogen-bond acceptors (Lipinski definition) is 2. The highest BCUT2D eigenvalue weighted by Gasteiger charge is 2.32. The van der Waals surface area contributed by atoms with Crippen LogP contribution in [0.1, 0.15) is 54.4 Å². The number of nitrogens with zero attached hydrogens (tertiary/aromatic N) is 1. The van der Waals surface area contributed by atoms with Crippen molar-refractivity contribution in [3.63, 3.8) is 0 Å². The molecule has 0 spiro atoms. The van der Waals surface area contributed by atoms with Gasteiger partial charge in [-0.2, -0.15) is 0 Å². The van der Waals surface area contributed by atoms with Crippen LogP contribution in [0.2, 0.25) is 0 Å². The summed E-state index contributed by atoms with van der Waals surface area (Å²) >= 11 is 3.55. The Bertz CT molecular complexity index is 1140. The van der Waals surface area contributed by atoms with E-state index in [1.807, 2.05) is 85.8 Å². The summed E-state index contributed by atoms with van der Waals surface area (Å²) in [6.45, 7) is 2.41. The average molecular weight is 548 g/mol. The van der Waals surface area contributed by atoms with Crippen molar-refractivity contribution in [1.29, 1.82) is 0 Å². The van der Waals surface area contributed by atoms with E-state index >= 15 is 0 Å². The smallest absolute Gasteiger partial charge is 0.243 e. The van der Waals surface area contributed by atoms with E-state index in [0.29, 0.717) is 13.0 Å². The average Bonchev–Trinajstić information content (AvgIpc) is 2.88. The zero-order chi connectivity index (χ0) is 25.3. The minimum Gasteiger partial charge on any atom is -0.352 e. The van der Waals surface area contributed by atoms with Crippen molar-refractivity contribution in [3.05, 3.63) is 106 Å². The van der Waals surface area contributed by atoms with Gasteiger partial charge in [0.15, 0.2) is 0 Å². The van der Waals surface area contributed by atoms with Crippen molar-refractivity contribution in [2.75, 3.05) is 0 Å². The first-order valence-corrected chi connectivity index (χ1v) is 13.7. The molecular weight excluding hydrogens is 512 g/mol. The molecule has 5 heteroatoms. The van der Waals surface area contributed by atoms with Gasteiger partial charge in [0, 0.05) is 23.5 Å². The van der Waals surface area contributed by atoms with Crippen LogP contribution in [0.3, 0.4) is 0 Å². The van der Waals surface area contributed by atoms with Gasteiger partial charge in [0.25, 0.3) is 0 Å². The molecule has 1 fully saturated rings. The van der Waals surface area contributed by atoms with Gasteiger partial charge in [0.05, 0.1) is 6.42 Å². The van der Waals surface area contributed by atoms with E-state index in [2.05, 4.69) is 21.2 Å². The molecule has 3 aromatic carbocycles. The molecular formula is C31H35BrN2O2. The van der Waals surface area contributed by atoms with Crippen LogP contribution in [-0.4, -0.2) is 28.8 Å². The lowest BCUT2D eigenvalue weighted by molar-refractivity contribution is -0.141. The standard InChI is InChI=1S/C31H35BrN2O2/c1-23-15-17-25(18-16-23)21-30(35)34(22-26-11-8-12-27(32)19-26)29(20-24-9-4-2-5-10-24)31(36)33-28-13-6-3-7-14-28/h2,4-5,8-12,15-19,28-29H,3,6-7,13-14,20-22H2,1H3,(H,33,36)/t29-/m0/s1. The van der Waals surface area contributed by atoms with Gasteiger partial charge in [-0.05, 0) is 48.6 Å². The topological polar surface area (TPSA) is 49.4 Å². The largest absolute Gasteiger partial charge is 0.352 e. The molecule has 1 N–H and O–H groups in total. The highest BCUT2D eigenvalue weighted by atomic mass is 79.9. The SMILES string of the molecule is Cc1ccc(CC(=O)N(Cc2cccc(Br)c2)[C@@H](Cc2ccccc2)C(=O)NC2CCCCC2)cc1. The van der Waals surface area contributed by atoms with Crippen molar-refractivity contribution in [1.82, 2.24) is 10.2 Å². The maximum absolute atomic E-state index is 13.8. The molecule has 4 rings (SSSR count). The third-order valence-electron chi connectivity index (χ3n) is 6.94. The Balaban J connectivity index is 1.65. The van der Waals surface area contributed by atoms with Crippen LogP contribution in [0.15, 0.2) is 83.3 Å². The van der Waals surface area contributed by atoms with Gasteiger partial charge in [-0.3, -0.25) is 9.59 Å². The first-order valence-electron chi connectivity index (χ1n) is 12.9. The predicted octanol–water partition coefficient (Wildman–Crippen LogP) is 6.39. The van der Waals surface area contributed by atoms with E-state index in [4.69, 9.17) is 0 Å². The summed E-state index contributed by atoms with van der Waals surface area (Å²) in [5, 5.41) is 3.30. The van der Waals surface area contributed by atoms with E-state index in [9.17, 15) is 9.59 Å². The molecule has 1 saturated carbocycles. The molecule has 3 aromatic rings. The molecule has 0 unspecified atom stereocenters. The van der Waals surface area contributed by atoms with Gasteiger partial charge >= 0.3 is 0 Å². The fourth-order valence-electron chi connectivity index (χ4n) is 4.91. The van der Waals surface area contributed by atoms with Gasteiger partial charge < -0.3 is 10.2 Å². The van der Waals surface area contributed by atoms with Crippen LogP contribution in [0.4, 0.5) is 0 Å². The Morgan fingerprint density at radius 1 is 0.889 bits per heavy atom. The number of hydrogen-bond donors (Lipinski definition) is 1. The second kappa shape index (κ2) is 12.9. The monoisotopic (exact) mass is 546 g/mol. The lowest BCUT2D eigenvalue weighted by atomic mass is 9.94. The van der Waals surface area contributed by atoms with Crippen molar-refractivity contribution in [2.45, 2.75) is 70.5 Å². The van der Waals surface area contributed by atoms with E-state index < -0.39 is 6.04 Å². The highest BCUT2D eigenvalue weighted by molar-refractivity contribution is 9.10. The van der Waals surface area contributed by atoms with Gasteiger partial charge in [-0.1, -0.05) is 107 Å². The number of aryl methyl sites for hydroxylation is 1. The number of carbonyl (C=O) groups excluding carboxylic acids is 2. The normalized spacial score (nSPS) is 14.7. The van der Waals surface area contributed by atoms with Crippen LogP contribution >= 0.6 is 15.9 Å². The fraction of sp³-hybridized carbons (Fsp3) is 0.355. The zero-order valence-corrected chi connectivity index (χ0v) is 22.5. The van der Waals surface area contributed by atoms with Crippen molar-refractivity contribution < 1.29 is 9.59 Å². The van der Waals surface area contributed by atoms with Crippen molar-refractivity contribution in [3.8, 4) is 0 Å². The van der Waals surface area contributed by atoms with Gasteiger partial charge in [0.1, 0.15) is 6.04 Å². The molecule has 4 nitrogen and oxygen atoms in total. The molecule has 36 heavy (non-hydrogen) atoms. The quantitative estimate of drug-likeness (QED) is 0.338. The molecule has 1 aliphatic carbocycles. The summed E-state index contributed by atoms with van der Waals surface area (Å²) in [6, 6.07) is 25.6. The first-order chi connectivity index (χ1) is 17.5. The Hall–Kier alpha value is -2.92. The number of halogens is 1. The summed E-state index contributed by atoms with van der Waals surface area (Å²) in [5.74, 6) is -0.100. The van der Waals surface area contributed by atoms with Gasteiger partial charge in [-0.15, -0.1) is 0 Å². The number of rotatable bonds is 9. The van der Waals surface area contributed by atoms with Crippen molar-refractivity contribution in [2.24, 2.45) is 0 Å². The molecule has 0 aromatic heterocycles. The van der Waals surface area contributed by atoms with Crippen LogP contribution in [-0.2, 0) is 29.0 Å². The van der Waals surface area contributed by atoms with E-state index in [-0.39, 0.29) is 24.3 Å². The number of amides is 2. The minimum absolute atomic E-state index is 0.0430. The van der Waals surface area contributed by atoms with Crippen LogP contribution in [0.25, 0.3) is 0 Å². The Morgan fingerprint density at radius 2 is 1.58 bits per heavy atom. The summed E-state index contributed by atoms with van der Waals surface area (Å²) in [5.41, 5.74) is 4.15. The molecule has 188 valence electrons. The number of carbonyl (C=O) groups is 2. The molecule has 1 aliphatic rings. The van der Waals surface area contributed by atoms with Gasteiger partial charge in [-0.25, -0.2) is 0 Å². The molecule has 0 saturated heterocycles. The zero-order valence-electron chi connectivity index (χ0n) is 21.0. The third kappa shape index (κ3) is 7.54. The lowest BCUT2D eigenvalue weighted by Gasteiger charge is -2.33. The lowest BCUT2D eigenvalue weighted by Crippen LogP contribution is -2.53. The maximum atomic E-state index is 13.8. The molecule has 2 amide bonds. The van der Waals surface area contributed by atoms with E-state index in [0.717, 1.165) is 52.4 Å². The minimum atomic E-state index is -0.591. The molecule has 1 atom stereocenters. The van der Waals surface area contributed by atoms with E-state index in [1.165, 1.54) is 6.42 Å². The van der Waals surface area contributed by atoms with Crippen molar-refractivity contribution >= 4 is 27.7 Å². The second-order valence-electron chi connectivity index (χ2n) is 9.86. The predicted molar refractivity (Wildman–Crippen MR) is 149 cm³/mol. The third-order valence-corrected chi connectivity index (χ3v) is 7.43. The molecule has 0 heterocycles. The van der Waals surface area contributed by atoms with E-state index in [1.54, 1.807) is 4.90 Å². The second-order valence-corrected chi connectivity index (χ2v) is 10.8. The molecule has 0 aliphatic heterocycles. The summed E-state index contributed by atoms with van der Waals surface area (Å²) < 4.78 is 0.956. The van der Waals surface area contributed by atoms with Crippen LogP contribution in [0, 0.1) is 6.92 Å². The summed E-state index contributed by atoms with van der Waals surface area (Å²) in [7, 11) is 0. The molecule has 0 bridgehead atoms. The first kappa shape index (κ1) is 26.2. The fourth-order valence-corrected chi connectivity index (χ4v) is 5.36. The molecule has 0 radical (unpaired) electrons. The van der Waals surface area contributed by atoms with Crippen LogP contribution < -0.4 is 5.32 Å². The Morgan fingerprint density at radius 3 is 2.28 bits per heavy atom. The highest BCUT2D eigenvalue weighted by Crippen LogP contribution is 2.21. The van der Waals surface area contributed by atoms with Crippen LogP contribution in [0.5, 0.6) is 0 Å². The van der Waals surface area contributed by atoms with Gasteiger partial charge in [0.2, 0.25) is 11.8 Å². The maximum Gasteiger partial charge on any atom is 0.243 e. The summed E-state index contributed by atoms with van der Waals surface area (Å²) in [6.07, 6.45) is 6.26. The Labute approximate surface area is 223 Å². The Kier molecular flexibility index (Phi) is 9.35. The summed E-state index contributed by atoms with van der Waals surface area (Å²) in [4.78, 5) is 29.4.